The van der Waals surface area contributed by atoms with E-state index in [9.17, 15) is 22.8 Å². The predicted molar refractivity (Wildman–Crippen MR) is 146 cm³/mol. The van der Waals surface area contributed by atoms with E-state index in [-0.39, 0.29) is 25.5 Å². The number of carbonyl (C=O) groups is 3. The molecule has 0 saturated heterocycles. The quantitative estimate of drug-likeness (QED) is 0.230. The van der Waals surface area contributed by atoms with Crippen molar-refractivity contribution in [1.82, 2.24) is 25.5 Å². The lowest BCUT2D eigenvalue weighted by Gasteiger charge is -2.17. The molecule has 41 heavy (non-hydrogen) atoms. The van der Waals surface area contributed by atoms with Crippen LogP contribution < -0.4 is 11.1 Å². The molecule has 3 aromatic rings. The van der Waals surface area contributed by atoms with Crippen LogP contribution in [0.4, 0.5) is 18.0 Å². The Labute approximate surface area is 248 Å². The fourth-order valence-electron chi connectivity index (χ4n) is 2.97. The molecule has 0 saturated carbocycles. The van der Waals surface area contributed by atoms with E-state index >= 15 is 0 Å². The van der Waals surface area contributed by atoms with Crippen LogP contribution in [-0.2, 0) is 27.5 Å². The number of benzene rings is 2. The molecule has 1 unspecified atom stereocenters. The van der Waals surface area contributed by atoms with Crippen molar-refractivity contribution in [2.75, 3.05) is 6.54 Å². The van der Waals surface area contributed by atoms with E-state index in [2.05, 4.69) is 20.7 Å². The first kappa shape index (κ1) is 33.8. The van der Waals surface area contributed by atoms with E-state index < -0.39 is 24.3 Å². The van der Waals surface area contributed by atoms with Gasteiger partial charge in [-0.05, 0) is 60.5 Å². The molecule has 224 valence electrons. The van der Waals surface area contributed by atoms with Gasteiger partial charge in [-0.2, -0.15) is 18.0 Å². The first-order chi connectivity index (χ1) is 19.4. The van der Waals surface area contributed by atoms with E-state index in [1.165, 1.54) is 4.80 Å². The van der Waals surface area contributed by atoms with Crippen molar-refractivity contribution in [3.05, 3.63) is 64.1 Å². The SMILES string of the molecule is NCCCCC(NC(=O)OCc1ccccc1)C(=O)Cn1nnc(Sc2c(Cl)cccc2Cl)n1.O=C(O)C(F)(F)F.[HH]. The van der Waals surface area contributed by atoms with Crippen LogP contribution in [-0.4, -0.2) is 61.9 Å². The minimum Gasteiger partial charge on any atom is -0.475 e. The second-order valence-electron chi connectivity index (χ2n) is 8.07. The average Bonchev–Trinajstić information content (AvgIpc) is 3.36. The summed E-state index contributed by atoms with van der Waals surface area (Å²) in [4.78, 5) is 35.9. The molecule has 1 amide bonds. The first-order valence-corrected chi connectivity index (χ1v) is 13.4. The lowest BCUT2D eigenvalue weighted by atomic mass is 10.1. The molecule has 0 fully saturated rings. The molecule has 0 radical (unpaired) electrons. The van der Waals surface area contributed by atoms with Crippen molar-refractivity contribution in [3.63, 3.8) is 0 Å². The summed E-state index contributed by atoms with van der Waals surface area (Å²) in [5, 5.41) is 23.1. The number of aliphatic carboxylic acids is 1. The summed E-state index contributed by atoms with van der Waals surface area (Å²) in [7, 11) is 0. The fraction of sp³-hybridized carbons (Fsp3) is 0.333. The molecular weight excluding hydrogens is 612 g/mol. The third-order valence-electron chi connectivity index (χ3n) is 4.93. The second-order valence-corrected chi connectivity index (χ2v) is 9.86. The van der Waals surface area contributed by atoms with Gasteiger partial charge in [-0.1, -0.05) is 59.6 Å². The standard InChI is InChI=1S/C22H24Cl2N6O3S.C2HF3O2.H2/c23-16-9-6-10-17(24)20(16)34-21-27-29-30(28-21)13-19(31)18(11-4-5-12-25)26-22(32)33-14-15-7-2-1-3-8-15;3-2(4,5)1(6)7;/h1-3,6-10,18H,4-5,11-14,25H2,(H,26,32);(H,6,7);1H. The molecule has 3 rings (SSSR count). The zero-order chi connectivity index (χ0) is 30.4. The first-order valence-electron chi connectivity index (χ1n) is 11.8. The maximum absolute atomic E-state index is 12.9. The Morgan fingerprint density at radius 3 is 2.32 bits per heavy atom. The maximum atomic E-state index is 12.9. The summed E-state index contributed by atoms with van der Waals surface area (Å²) in [5.41, 5.74) is 6.41. The monoisotopic (exact) mass is 638 g/mol. The largest absolute Gasteiger partial charge is 0.490 e. The van der Waals surface area contributed by atoms with Crippen LogP contribution in [0.25, 0.3) is 0 Å². The molecule has 1 aromatic heterocycles. The summed E-state index contributed by atoms with van der Waals surface area (Å²) < 4.78 is 37.0. The molecule has 0 aliphatic heterocycles. The van der Waals surface area contributed by atoms with Gasteiger partial charge >= 0.3 is 18.2 Å². The van der Waals surface area contributed by atoms with E-state index in [0.717, 1.165) is 23.7 Å². The summed E-state index contributed by atoms with van der Waals surface area (Å²) in [6, 6.07) is 13.7. The number of halogens is 5. The smallest absolute Gasteiger partial charge is 0.475 e. The number of alkyl carbamates (subject to hydrolysis) is 1. The number of alkyl halides is 3. The van der Waals surface area contributed by atoms with Crippen LogP contribution in [0, 0.1) is 0 Å². The Hall–Kier alpha value is -3.40. The van der Waals surface area contributed by atoms with Crippen LogP contribution in [0.1, 0.15) is 26.3 Å². The number of nitrogens with one attached hydrogen (secondary N) is 1. The van der Waals surface area contributed by atoms with Gasteiger partial charge in [0.25, 0.3) is 0 Å². The van der Waals surface area contributed by atoms with Gasteiger partial charge in [-0.3, -0.25) is 4.79 Å². The van der Waals surface area contributed by atoms with E-state index in [4.69, 9.17) is 43.6 Å². The number of rotatable bonds is 12. The minimum absolute atomic E-state index is 0. The van der Waals surface area contributed by atoms with Crippen molar-refractivity contribution in [3.8, 4) is 0 Å². The van der Waals surface area contributed by atoms with Crippen molar-refractivity contribution >= 4 is 52.8 Å². The third kappa shape index (κ3) is 12.3. The van der Waals surface area contributed by atoms with E-state index in [1.54, 1.807) is 18.2 Å². The fourth-order valence-corrected chi connectivity index (χ4v) is 4.33. The van der Waals surface area contributed by atoms with Gasteiger partial charge in [0.15, 0.2) is 5.78 Å². The predicted octanol–water partition coefficient (Wildman–Crippen LogP) is 5.00. The molecule has 17 heteroatoms. The molecular formula is C24H27Cl2F3N6O5S. The number of ketones is 1. The number of carbonyl (C=O) groups excluding carboxylic acids is 2. The number of amides is 1. The number of nitrogens with two attached hydrogens (primary N) is 1. The molecule has 0 aliphatic rings. The number of hydrogen-bond acceptors (Lipinski definition) is 9. The van der Waals surface area contributed by atoms with Crippen LogP contribution in [0.3, 0.4) is 0 Å². The van der Waals surface area contributed by atoms with Crippen molar-refractivity contribution in [2.24, 2.45) is 5.73 Å². The lowest BCUT2D eigenvalue weighted by molar-refractivity contribution is -0.192. The molecule has 0 spiro atoms. The molecule has 1 heterocycles. The Kier molecular flexibility index (Phi) is 13.8. The molecule has 4 N–H and O–H groups in total. The van der Waals surface area contributed by atoms with Gasteiger partial charge in [-0.15, -0.1) is 10.2 Å². The Morgan fingerprint density at radius 1 is 1.10 bits per heavy atom. The number of aromatic nitrogens is 4. The number of carboxylic acids is 1. The highest BCUT2D eigenvalue weighted by molar-refractivity contribution is 7.99. The average molecular weight is 639 g/mol. The summed E-state index contributed by atoms with van der Waals surface area (Å²) in [5.74, 6) is -3.04. The van der Waals surface area contributed by atoms with Gasteiger partial charge in [0.2, 0.25) is 5.16 Å². The van der Waals surface area contributed by atoms with Crippen LogP contribution in [0.15, 0.2) is 58.6 Å². The number of tetrazole rings is 1. The maximum Gasteiger partial charge on any atom is 0.490 e. The van der Waals surface area contributed by atoms with Crippen LogP contribution in [0.5, 0.6) is 0 Å². The van der Waals surface area contributed by atoms with Crippen LogP contribution >= 0.6 is 35.0 Å². The second kappa shape index (κ2) is 16.8. The van der Waals surface area contributed by atoms with Gasteiger partial charge in [0.1, 0.15) is 13.2 Å². The number of ether oxygens (including phenoxy) is 1. The Balaban J connectivity index is 0.000000981. The van der Waals surface area contributed by atoms with Crippen molar-refractivity contribution in [1.29, 1.82) is 0 Å². The van der Waals surface area contributed by atoms with E-state index in [0.29, 0.717) is 34.3 Å². The van der Waals surface area contributed by atoms with Gasteiger partial charge in [-0.25, -0.2) is 9.59 Å². The van der Waals surface area contributed by atoms with Crippen molar-refractivity contribution < 1.29 is 38.8 Å². The third-order valence-corrected chi connectivity index (χ3v) is 6.77. The highest BCUT2D eigenvalue weighted by atomic mass is 35.5. The van der Waals surface area contributed by atoms with Crippen LogP contribution in [0.2, 0.25) is 10.0 Å². The molecule has 0 bridgehead atoms. The molecule has 0 aliphatic carbocycles. The Bertz CT molecular complexity index is 1290. The zero-order valence-electron chi connectivity index (χ0n) is 21.2. The van der Waals surface area contributed by atoms with Crippen molar-refractivity contribution in [2.45, 2.75) is 54.7 Å². The number of Topliss-reactive ketones (excluding diaryl/α,β-unsaturated/α-hetero) is 1. The highest BCUT2D eigenvalue weighted by Crippen LogP contribution is 2.36. The van der Waals surface area contributed by atoms with Gasteiger partial charge < -0.3 is 20.9 Å². The topological polar surface area (TPSA) is 162 Å². The van der Waals surface area contributed by atoms with Gasteiger partial charge in [0.05, 0.1) is 21.0 Å². The number of hydrogen-bond donors (Lipinski definition) is 3. The molecule has 11 nitrogen and oxygen atoms in total. The highest BCUT2D eigenvalue weighted by Gasteiger charge is 2.38. The Morgan fingerprint density at radius 2 is 1.73 bits per heavy atom. The zero-order valence-corrected chi connectivity index (χ0v) is 23.5. The summed E-state index contributed by atoms with van der Waals surface area (Å²) >= 11 is 13.5. The normalized spacial score (nSPS) is 11.7. The number of carboxylic acid groups (broad SMARTS) is 1. The van der Waals surface area contributed by atoms with Gasteiger partial charge in [0, 0.05) is 1.43 Å². The number of unbranched alkanes of at least 4 members (excludes halogenated alkanes) is 1. The lowest BCUT2D eigenvalue weighted by Crippen LogP contribution is -2.42. The molecule has 1 atom stereocenters. The van der Waals surface area contributed by atoms with E-state index in [1.807, 2.05) is 30.3 Å². The molecule has 2 aromatic carbocycles. The number of nitrogens with zero attached hydrogens (tertiary/aromatic N) is 4. The summed E-state index contributed by atoms with van der Waals surface area (Å²) in [6.07, 6.45) is -3.94. The minimum atomic E-state index is -5.08. The summed E-state index contributed by atoms with van der Waals surface area (Å²) in [6.45, 7) is 0.428.